The normalized spacial score (nSPS) is 13.7. The summed E-state index contributed by atoms with van der Waals surface area (Å²) in [5.74, 6) is -2.58. The molecule has 2 aromatic carbocycles. The van der Waals surface area contributed by atoms with Crippen molar-refractivity contribution in [1.82, 2.24) is 21.5 Å². The Kier molecular flexibility index (Phi) is 6.57. The molecule has 0 spiro atoms. The molecule has 0 unspecified atom stereocenters. The van der Waals surface area contributed by atoms with E-state index in [1.165, 1.54) is 0 Å². The highest BCUT2D eigenvalue weighted by atomic mass is 16.2. The fourth-order valence-corrected chi connectivity index (χ4v) is 2.67. The van der Waals surface area contributed by atoms with Crippen molar-refractivity contribution in [3.05, 3.63) is 71.8 Å². The Morgan fingerprint density at radius 2 is 1.45 bits per heavy atom. The lowest BCUT2D eigenvalue weighted by Crippen LogP contribution is -2.49. The highest BCUT2D eigenvalue weighted by Crippen LogP contribution is 2.18. The molecule has 0 aromatic heterocycles. The van der Waals surface area contributed by atoms with Gasteiger partial charge < -0.3 is 10.6 Å². The number of hydrogen-bond donors (Lipinski definition) is 4. The lowest BCUT2D eigenvalue weighted by Gasteiger charge is -2.19. The van der Waals surface area contributed by atoms with Crippen LogP contribution in [0.4, 0.5) is 0 Å². The number of hydrogen-bond acceptors (Lipinski definition) is 4. The Bertz CT molecular complexity index is 882. The lowest BCUT2D eigenvalue weighted by molar-refractivity contribution is -0.141. The molecule has 0 bridgehead atoms. The molecule has 29 heavy (non-hydrogen) atoms. The van der Waals surface area contributed by atoms with Crippen LogP contribution < -0.4 is 21.5 Å². The van der Waals surface area contributed by atoms with E-state index in [-0.39, 0.29) is 18.4 Å². The van der Waals surface area contributed by atoms with Crippen LogP contribution in [0.3, 0.4) is 0 Å². The van der Waals surface area contributed by atoms with E-state index in [0.29, 0.717) is 5.56 Å². The van der Waals surface area contributed by atoms with Gasteiger partial charge in [0.15, 0.2) is 0 Å². The number of rotatable bonds is 6. The van der Waals surface area contributed by atoms with Crippen LogP contribution in [0.2, 0.25) is 0 Å². The highest BCUT2D eigenvalue weighted by Gasteiger charge is 2.26. The minimum atomic E-state index is -0.935. The third-order valence-electron chi connectivity index (χ3n) is 4.37. The predicted octanol–water partition coefficient (Wildman–Crippen LogP) is 0.974. The van der Waals surface area contributed by atoms with Crippen LogP contribution in [0.1, 0.15) is 41.2 Å². The molecule has 0 aliphatic heterocycles. The Hall–Kier alpha value is -3.68. The maximum Gasteiger partial charge on any atom is 0.327 e. The maximum absolute atomic E-state index is 12.5. The van der Waals surface area contributed by atoms with Crippen LogP contribution in [-0.2, 0) is 14.4 Å². The van der Waals surface area contributed by atoms with Crippen LogP contribution >= 0.6 is 0 Å². The van der Waals surface area contributed by atoms with Gasteiger partial charge in [0.25, 0.3) is 5.91 Å². The summed E-state index contributed by atoms with van der Waals surface area (Å²) in [6.45, 7) is 0. The van der Waals surface area contributed by atoms with Crippen LogP contribution in [0.25, 0.3) is 0 Å². The topological polar surface area (TPSA) is 116 Å². The van der Waals surface area contributed by atoms with Gasteiger partial charge in [0.2, 0.25) is 5.91 Å². The number of carbonyl (C=O) groups excluding carboxylic acids is 4. The van der Waals surface area contributed by atoms with Gasteiger partial charge in [-0.25, -0.2) is 0 Å². The van der Waals surface area contributed by atoms with Crippen molar-refractivity contribution in [2.75, 3.05) is 0 Å². The fraction of sp³-hybridized carbons (Fsp3) is 0.238. The number of hydrazine groups is 1. The average Bonchev–Trinajstić information content (AvgIpc) is 3.56. The minimum Gasteiger partial charge on any atom is -0.345 e. The molecule has 0 saturated heterocycles. The molecule has 1 saturated carbocycles. The first-order valence-corrected chi connectivity index (χ1v) is 9.33. The molecule has 1 aliphatic carbocycles. The van der Waals surface area contributed by atoms with Gasteiger partial charge in [0.05, 0.1) is 12.5 Å². The highest BCUT2D eigenvalue weighted by molar-refractivity contribution is 6.35. The first-order chi connectivity index (χ1) is 14.0. The molecule has 4 amide bonds. The van der Waals surface area contributed by atoms with Gasteiger partial charge in [-0.3, -0.25) is 30.0 Å². The van der Waals surface area contributed by atoms with Gasteiger partial charge in [-0.15, -0.1) is 0 Å². The van der Waals surface area contributed by atoms with Gasteiger partial charge in [-0.1, -0.05) is 48.5 Å². The Morgan fingerprint density at radius 3 is 2.07 bits per heavy atom. The van der Waals surface area contributed by atoms with Crippen molar-refractivity contribution >= 4 is 23.6 Å². The van der Waals surface area contributed by atoms with E-state index < -0.39 is 23.8 Å². The standard InChI is InChI=1S/C21H22N4O4/c26-18(24-25-21(29)20(28)22-16-11-12-16)13-17(14-7-3-1-4-8-14)23-19(27)15-9-5-2-6-10-15/h1-10,16-17H,11-13H2,(H,22,28)(H,23,27)(H,24,26)(H,25,29)/t17-/m1/s1. The van der Waals surface area contributed by atoms with Crippen molar-refractivity contribution in [2.45, 2.75) is 31.3 Å². The molecule has 1 aliphatic rings. The third-order valence-corrected chi connectivity index (χ3v) is 4.37. The van der Waals surface area contributed by atoms with Crippen molar-refractivity contribution in [1.29, 1.82) is 0 Å². The Balaban J connectivity index is 1.59. The first-order valence-electron chi connectivity index (χ1n) is 9.33. The molecule has 1 fully saturated rings. The van der Waals surface area contributed by atoms with Gasteiger partial charge in [-0.2, -0.15) is 0 Å². The third kappa shape index (κ3) is 6.17. The quantitative estimate of drug-likeness (QED) is 0.432. The van der Waals surface area contributed by atoms with Gasteiger partial charge in [0, 0.05) is 11.6 Å². The van der Waals surface area contributed by atoms with E-state index in [4.69, 9.17) is 0 Å². The summed E-state index contributed by atoms with van der Waals surface area (Å²) in [4.78, 5) is 48.1. The zero-order valence-electron chi connectivity index (χ0n) is 15.7. The molecule has 2 aromatic rings. The minimum absolute atomic E-state index is 0.0413. The number of amides is 4. The predicted molar refractivity (Wildman–Crippen MR) is 105 cm³/mol. The lowest BCUT2D eigenvalue weighted by atomic mass is 10.0. The van der Waals surface area contributed by atoms with Crippen molar-refractivity contribution in [3.8, 4) is 0 Å². The van der Waals surface area contributed by atoms with Crippen molar-refractivity contribution in [3.63, 3.8) is 0 Å². The maximum atomic E-state index is 12.5. The molecule has 1 atom stereocenters. The average molecular weight is 394 g/mol. The van der Waals surface area contributed by atoms with Gasteiger partial charge in [-0.05, 0) is 30.5 Å². The second-order valence-corrected chi connectivity index (χ2v) is 6.76. The summed E-state index contributed by atoms with van der Waals surface area (Å²) in [6.07, 6.45) is 1.59. The second kappa shape index (κ2) is 9.50. The van der Waals surface area contributed by atoms with E-state index in [9.17, 15) is 19.2 Å². The zero-order valence-corrected chi connectivity index (χ0v) is 15.7. The van der Waals surface area contributed by atoms with Gasteiger partial charge >= 0.3 is 11.8 Å². The van der Waals surface area contributed by atoms with Crippen molar-refractivity contribution in [2.24, 2.45) is 0 Å². The van der Waals surface area contributed by atoms with Crippen LogP contribution in [0.5, 0.6) is 0 Å². The molecule has 8 nitrogen and oxygen atoms in total. The summed E-state index contributed by atoms with van der Waals surface area (Å²) >= 11 is 0. The smallest absolute Gasteiger partial charge is 0.327 e. The largest absolute Gasteiger partial charge is 0.345 e. The molecule has 0 radical (unpaired) electrons. The fourth-order valence-electron chi connectivity index (χ4n) is 2.67. The molecule has 3 rings (SSSR count). The van der Waals surface area contributed by atoms with Crippen LogP contribution in [-0.4, -0.2) is 29.7 Å². The van der Waals surface area contributed by atoms with E-state index in [1.807, 2.05) is 6.07 Å². The van der Waals surface area contributed by atoms with E-state index in [2.05, 4.69) is 21.5 Å². The van der Waals surface area contributed by atoms with E-state index >= 15 is 0 Å². The second-order valence-electron chi connectivity index (χ2n) is 6.76. The van der Waals surface area contributed by atoms with E-state index in [0.717, 1.165) is 18.4 Å². The molecular formula is C21H22N4O4. The first kappa shape index (κ1) is 20.1. The van der Waals surface area contributed by atoms with Crippen LogP contribution in [0.15, 0.2) is 60.7 Å². The summed E-state index contributed by atoms with van der Waals surface area (Å²) in [6, 6.07) is 17.1. The molecule has 8 heteroatoms. The number of benzene rings is 2. The number of carbonyl (C=O) groups is 4. The summed E-state index contributed by atoms with van der Waals surface area (Å²) in [5, 5.41) is 5.36. The summed E-state index contributed by atoms with van der Waals surface area (Å²) in [5.41, 5.74) is 5.53. The summed E-state index contributed by atoms with van der Waals surface area (Å²) in [7, 11) is 0. The summed E-state index contributed by atoms with van der Waals surface area (Å²) < 4.78 is 0. The molecular weight excluding hydrogens is 372 g/mol. The van der Waals surface area contributed by atoms with Crippen molar-refractivity contribution < 1.29 is 19.2 Å². The SMILES string of the molecule is O=C(C[C@@H](NC(=O)c1ccccc1)c1ccccc1)NNC(=O)C(=O)NC1CC1. The van der Waals surface area contributed by atoms with Gasteiger partial charge in [0.1, 0.15) is 0 Å². The Morgan fingerprint density at radius 1 is 0.828 bits per heavy atom. The van der Waals surface area contributed by atoms with E-state index in [1.54, 1.807) is 54.6 Å². The molecule has 4 N–H and O–H groups in total. The number of nitrogens with one attached hydrogen (secondary N) is 4. The Labute approximate surface area is 168 Å². The molecule has 0 heterocycles. The zero-order chi connectivity index (χ0) is 20.6. The molecule has 150 valence electrons. The monoisotopic (exact) mass is 394 g/mol. The van der Waals surface area contributed by atoms with Crippen LogP contribution in [0, 0.1) is 0 Å².